The number of anilines is 3. The van der Waals surface area contributed by atoms with Gasteiger partial charge in [0.15, 0.2) is 11.4 Å². The van der Waals surface area contributed by atoms with Gasteiger partial charge < -0.3 is 16.4 Å². The normalized spacial score (nSPS) is 23.7. The van der Waals surface area contributed by atoms with Crippen molar-refractivity contribution >= 4 is 29.1 Å². The summed E-state index contributed by atoms with van der Waals surface area (Å²) >= 11 is 0. The number of primary amides is 2. The van der Waals surface area contributed by atoms with E-state index in [1.54, 1.807) is 23.2 Å². The van der Waals surface area contributed by atoms with Crippen LogP contribution in [0.4, 0.5) is 17.3 Å². The van der Waals surface area contributed by atoms with Gasteiger partial charge in [-0.3, -0.25) is 14.5 Å². The summed E-state index contributed by atoms with van der Waals surface area (Å²) in [5, 5.41) is 0. The smallest absolute Gasteiger partial charge is 0.246 e. The van der Waals surface area contributed by atoms with Crippen LogP contribution in [0.5, 0.6) is 0 Å². The zero-order valence-corrected chi connectivity index (χ0v) is 14.4. The van der Waals surface area contributed by atoms with Crippen LogP contribution in [0.15, 0.2) is 36.5 Å². The first-order chi connectivity index (χ1) is 12.5. The average Bonchev–Trinajstić information content (AvgIpc) is 3.00. The van der Waals surface area contributed by atoms with Crippen LogP contribution < -0.4 is 21.3 Å². The van der Waals surface area contributed by atoms with Crippen molar-refractivity contribution in [2.75, 3.05) is 22.9 Å². The van der Waals surface area contributed by atoms with Gasteiger partial charge in [-0.25, -0.2) is 9.97 Å². The van der Waals surface area contributed by atoms with Crippen molar-refractivity contribution < 1.29 is 9.59 Å². The van der Waals surface area contributed by atoms with Crippen molar-refractivity contribution in [3.05, 3.63) is 42.2 Å². The molecular formula is C18H20N6O2. The Morgan fingerprint density at radius 2 is 2.08 bits per heavy atom. The third-order valence-corrected chi connectivity index (χ3v) is 5.29. The van der Waals surface area contributed by atoms with Gasteiger partial charge in [-0.2, -0.15) is 0 Å². The van der Waals surface area contributed by atoms with Crippen LogP contribution in [0.25, 0.3) is 0 Å². The minimum absolute atomic E-state index is 0.271. The number of carbonyl (C=O) groups is 2. The van der Waals surface area contributed by atoms with E-state index in [-0.39, 0.29) is 6.54 Å². The number of rotatable bonds is 4. The first-order valence-corrected chi connectivity index (χ1v) is 8.54. The Kier molecular flexibility index (Phi) is 3.57. The molecule has 2 atom stereocenters. The van der Waals surface area contributed by atoms with Crippen LogP contribution in [0.2, 0.25) is 0 Å². The van der Waals surface area contributed by atoms with Gasteiger partial charge in [0, 0.05) is 18.4 Å². The van der Waals surface area contributed by atoms with E-state index >= 15 is 0 Å². The third kappa shape index (κ3) is 2.08. The molecule has 8 nitrogen and oxygen atoms in total. The van der Waals surface area contributed by atoms with Crippen molar-refractivity contribution in [2.45, 2.75) is 18.9 Å². The number of aryl methyl sites for hydroxylation is 1. The van der Waals surface area contributed by atoms with Gasteiger partial charge in [0.1, 0.15) is 5.82 Å². The van der Waals surface area contributed by atoms with E-state index in [1.807, 2.05) is 30.0 Å². The van der Waals surface area contributed by atoms with Crippen LogP contribution in [0.1, 0.15) is 12.6 Å². The Labute approximate surface area is 150 Å². The van der Waals surface area contributed by atoms with Crippen LogP contribution >= 0.6 is 0 Å². The number of nitrogens with zero attached hydrogens (tertiary/aromatic N) is 4. The highest BCUT2D eigenvalue weighted by atomic mass is 16.2. The summed E-state index contributed by atoms with van der Waals surface area (Å²) in [6, 6.07) is 9.30. The highest BCUT2D eigenvalue weighted by molar-refractivity contribution is 6.02. The SMILES string of the molecule is CCc1ccc2c(n1)N(c1ccccn1)[C@]1(C(N)=O)CN2CC1C(N)=O. The fourth-order valence-corrected chi connectivity index (χ4v) is 4.01. The van der Waals surface area contributed by atoms with E-state index in [9.17, 15) is 9.59 Å². The second-order valence-electron chi connectivity index (χ2n) is 6.65. The summed E-state index contributed by atoms with van der Waals surface area (Å²) in [6.45, 7) is 2.60. The highest BCUT2D eigenvalue weighted by Crippen LogP contribution is 2.50. The maximum atomic E-state index is 12.7. The second kappa shape index (κ2) is 5.69. The Bertz CT molecular complexity index is 887. The summed E-state index contributed by atoms with van der Waals surface area (Å²) < 4.78 is 0. The maximum Gasteiger partial charge on any atom is 0.246 e. The first kappa shape index (κ1) is 16.3. The molecule has 4 heterocycles. The molecular weight excluding hydrogens is 332 g/mol. The molecule has 134 valence electrons. The molecule has 0 saturated carbocycles. The fourth-order valence-electron chi connectivity index (χ4n) is 4.01. The summed E-state index contributed by atoms with van der Waals surface area (Å²) in [5.74, 6) is -0.834. The Morgan fingerprint density at radius 3 is 2.69 bits per heavy atom. The molecule has 1 fully saturated rings. The molecule has 0 aromatic carbocycles. The van der Waals surface area contributed by atoms with Gasteiger partial charge in [-0.15, -0.1) is 0 Å². The summed E-state index contributed by atoms with van der Waals surface area (Å²) in [5.41, 5.74) is 11.9. The van der Waals surface area contributed by atoms with Gasteiger partial charge in [0.05, 0.1) is 18.2 Å². The highest BCUT2D eigenvalue weighted by Gasteiger charge is 2.62. The van der Waals surface area contributed by atoms with Crippen molar-refractivity contribution in [2.24, 2.45) is 17.4 Å². The monoisotopic (exact) mass is 352 g/mol. The Morgan fingerprint density at radius 1 is 1.27 bits per heavy atom. The van der Waals surface area contributed by atoms with E-state index in [0.29, 0.717) is 18.2 Å². The molecule has 4 rings (SSSR count). The molecule has 2 aromatic heterocycles. The molecule has 0 aliphatic carbocycles. The van der Waals surface area contributed by atoms with Gasteiger partial charge in [0.25, 0.3) is 0 Å². The molecule has 4 N–H and O–H groups in total. The van der Waals surface area contributed by atoms with E-state index in [2.05, 4.69) is 4.98 Å². The molecule has 0 radical (unpaired) electrons. The third-order valence-electron chi connectivity index (χ3n) is 5.29. The minimum atomic E-state index is -1.31. The van der Waals surface area contributed by atoms with Crippen molar-refractivity contribution in [3.8, 4) is 0 Å². The molecule has 1 unspecified atom stereocenters. The number of aromatic nitrogens is 2. The number of carbonyl (C=O) groups excluding carboxylic acids is 2. The first-order valence-electron chi connectivity index (χ1n) is 8.54. The fraction of sp³-hybridized carbons (Fsp3) is 0.333. The molecule has 26 heavy (non-hydrogen) atoms. The van der Waals surface area contributed by atoms with E-state index in [1.165, 1.54) is 0 Å². The summed E-state index contributed by atoms with van der Waals surface area (Å²) in [7, 11) is 0. The van der Waals surface area contributed by atoms with Crippen LogP contribution in [-0.2, 0) is 16.0 Å². The van der Waals surface area contributed by atoms with Crippen LogP contribution in [-0.4, -0.2) is 40.4 Å². The largest absolute Gasteiger partial charge is 0.369 e. The van der Waals surface area contributed by atoms with Crippen molar-refractivity contribution in [1.82, 2.24) is 9.97 Å². The molecule has 8 heteroatoms. The second-order valence-corrected chi connectivity index (χ2v) is 6.65. The quantitative estimate of drug-likeness (QED) is 0.819. The van der Waals surface area contributed by atoms with E-state index in [4.69, 9.17) is 16.5 Å². The molecule has 2 bridgehead atoms. The number of pyridine rings is 2. The standard InChI is InChI=1S/C18H20N6O2/c1-2-11-6-7-13-16(22-11)24(14-5-3-4-8-21-14)18(17(20)26)10-23(13)9-12(18)15(19)25/h3-8,12H,2,9-10H2,1H3,(H2,19,25)(H2,20,26)/t12?,18-/m1/s1. The van der Waals surface area contributed by atoms with Gasteiger partial charge in [-0.1, -0.05) is 13.0 Å². The zero-order chi connectivity index (χ0) is 18.5. The lowest BCUT2D eigenvalue weighted by Gasteiger charge is -2.44. The maximum absolute atomic E-state index is 12.7. The van der Waals surface area contributed by atoms with E-state index in [0.717, 1.165) is 17.8 Å². The minimum Gasteiger partial charge on any atom is -0.369 e. The molecule has 2 amide bonds. The lowest BCUT2D eigenvalue weighted by atomic mass is 9.83. The molecule has 2 aliphatic heterocycles. The number of hydrogen-bond acceptors (Lipinski definition) is 6. The predicted molar refractivity (Wildman–Crippen MR) is 96.8 cm³/mol. The van der Waals surface area contributed by atoms with Crippen LogP contribution in [0.3, 0.4) is 0 Å². The summed E-state index contributed by atoms with van der Waals surface area (Å²) in [6.07, 6.45) is 2.38. The molecule has 2 aliphatic rings. The van der Waals surface area contributed by atoms with Crippen molar-refractivity contribution in [1.29, 1.82) is 0 Å². The van der Waals surface area contributed by atoms with Gasteiger partial charge in [-0.05, 0) is 30.7 Å². The summed E-state index contributed by atoms with van der Waals surface area (Å²) in [4.78, 5) is 37.7. The molecule has 1 saturated heterocycles. The topological polar surface area (TPSA) is 118 Å². The number of nitrogens with two attached hydrogens (primary N) is 2. The lowest BCUT2D eigenvalue weighted by Crippen LogP contribution is -2.65. The zero-order valence-electron chi connectivity index (χ0n) is 14.4. The molecule has 0 spiro atoms. The number of fused-ring (bicyclic) bond motifs is 4. The van der Waals surface area contributed by atoms with Gasteiger partial charge in [0.2, 0.25) is 11.8 Å². The van der Waals surface area contributed by atoms with E-state index < -0.39 is 23.3 Å². The van der Waals surface area contributed by atoms with Crippen LogP contribution in [0, 0.1) is 5.92 Å². The van der Waals surface area contributed by atoms with Gasteiger partial charge >= 0.3 is 0 Å². The number of amides is 2. The average molecular weight is 352 g/mol. The Balaban J connectivity index is 2.02. The lowest BCUT2D eigenvalue weighted by molar-refractivity contribution is -0.130. The van der Waals surface area contributed by atoms with Crippen molar-refractivity contribution in [3.63, 3.8) is 0 Å². The number of hydrogen-bond donors (Lipinski definition) is 2. The predicted octanol–water partition coefficient (Wildman–Crippen LogP) is 0.336. The molecule has 2 aromatic rings. The Hall–Kier alpha value is -3.16.